The van der Waals surface area contributed by atoms with E-state index in [1.807, 2.05) is 13.8 Å². The SMILES string of the molecule is CC(C)CC(O)C(O)C(CC1CCCCC1)NC(=O)C(C)CNC(=O)C(Cc1cccc(Cl)c1)CS(=O)(=O)CCN(C)C. The summed E-state index contributed by atoms with van der Waals surface area (Å²) in [5.74, 6) is -2.08. The van der Waals surface area contributed by atoms with E-state index in [1.54, 1.807) is 50.2 Å². The lowest BCUT2D eigenvalue weighted by Gasteiger charge is -2.33. The van der Waals surface area contributed by atoms with Gasteiger partial charge in [0, 0.05) is 18.1 Å². The molecule has 1 aromatic rings. The molecule has 1 fully saturated rings. The van der Waals surface area contributed by atoms with Crippen molar-refractivity contribution in [3.8, 4) is 0 Å². The third-order valence-corrected chi connectivity index (χ3v) is 10.2. The van der Waals surface area contributed by atoms with E-state index in [9.17, 15) is 28.2 Å². The van der Waals surface area contributed by atoms with Crippen LogP contribution < -0.4 is 10.6 Å². The van der Waals surface area contributed by atoms with Gasteiger partial charge in [0.05, 0.1) is 35.5 Å². The molecule has 0 saturated heterocycles. The molecule has 0 spiro atoms. The van der Waals surface area contributed by atoms with Crippen molar-refractivity contribution >= 4 is 33.3 Å². The number of hydrogen-bond acceptors (Lipinski definition) is 7. The van der Waals surface area contributed by atoms with Gasteiger partial charge in [-0.2, -0.15) is 0 Å². The average molecular weight is 644 g/mol. The third-order valence-electron chi connectivity index (χ3n) is 8.24. The Kier molecular flexibility index (Phi) is 15.9. The fourth-order valence-electron chi connectivity index (χ4n) is 5.66. The molecule has 0 heterocycles. The zero-order valence-corrected chi connectivity index (χ0v) is 28.2. The summed E-state index contributed by atoms with van der Waals surface area (Å²) in [6, 6.07) is 6.40. The Morgan fingerprint density at radius 3 is 2.35 bits per heavy atom. The number of carbonyl (C=O) groups is 2. The standard InChI is InChI=1S/C32H54ClN3O6S/c1-22(2)16-29(37)30(38)28(19-24-10-7-6-8-11-24)35-31(39)23(3)20-34-32(40)26(17-25-12-9-13-27(33)18-25)21-43(41,42)15-14-36(4)5/h9,12-13,18,22-24,26,28-30,37-38H,6-8,10-11,14-17,19-21H2,1-5H3,(H,34,40)(H,35,39). The lowest BCUT2D eigenvalue weighted by Crippen LogP contribution is -2.52. The minimum atomic E-state index is -3.53. The van der Waals surface area contributed by atoms with Gasteiger partial charge in [-0.25, -0.2) is 8.42 Å². The summed E-state index contributed by atoms with van der Waals surface area (Å²) in [5, 5.41) is 27.9. The zero-order chi connectivity index (χ0) is 32.2. The Morgan fingerprint density at radius 2 is 1.74 bits per heavy atom. The summed E-state index contributed by atoms with van der Waals surface area (Å²) in [6.45, 7) is 6.00. The van der Waals surface area contributed by atoms with E-state index in [2.05, 4.69) is 10.6 Å². The average Bonchev–Trinajstić information content (AvgIpc) is 2.93. The second-order valence-electron chi connectivity index (χ2n) is 13.1. The Hall–Kier alpha value is -1.72. The maximum absolute atomic E-state index is 13.3. The van der Waals surface area contributed by atoms with E-state index in [4.69, 9.17) is 11.6 Å². The predicted molar refractivity (Wildman–Crippen MR) is 173 cm³/mol. The summed E-state index contributed by atoms with van der Waals surface area (Å²) in [6.07, 6.45) is 4.68. The van der Waals surface area contributed by atoms with E-state index in [1.165, 1.54) is 6.42 Å². The maximum atomic E-state index is 13.3. The Bertz CT molecular complexity index is 1110. The van der Waals surface area contributed by atoms with Crippen LogP contribution in [0, 0.1) is 23.7 Å². The van der Waals surface area contributed by atoms with Crippen molar-refractivity contribution in [1.82, 2.24) is 15.5 Å². The van der Waals surface area contributed by atoms with E-state index < -0.39 is 45.8 Å². The number of nitrogens with one attached hydrogen (secondary N) is 2. The van der Waals surface area contributed by atoms with Gasteiger partial charge in [-0.3, -0.25) is 9.59 Å². The van der Waals surface area contributed by atoms with Crippen molar-refractivity contribution in [2.45, 2.75) is 90.4 Å². The zero-order valence-electron chi connectivity index (χ0n) is 26.6. The molecule has 0 aromatic heterocycles. The van der Waals surface area contributed by atoms with Gasteiger partial charge in [-0.1, -0.05) is 76.6 Å². The second kappa shape index (κ2) is 18.3. The molecule has 1 aliphatic rings. The van der Waals surface area contributed by atoms with Crippen molar-refractivity contribution in [3.05, 3.63) is 34.9 Å². The molecular formula is C32H54ClN3O6S. The van der Waals surface area contributed by atoms with Crippen LogP contribution in [-0.2, 0) is 25.8 Å². The normalized spacial score (nSPS) is 18.2. The first-order chi connectivity index (χ1) is 20.2. The summed E-state index contributed by atoms with van der Waals surface area (Å²) < 4.78 is 25.8. The third kappa shape index (κ3) is 14.3. The molecule has 2 amide bonds. The number of aliphatic hydroxyl groups is 2. The van der Waals surface area contributed by atoms with Gasteiger partial charge in [0.2, 0.25) is 11.8 Å². The van der Waals surface area contributed by atoms with E-state index in [-0.39, 0.29) is 36.3 Å². The van der Waals surface area contributed by atoms with Gasteiger partial charge in [-0.05, 0) is 62.9 Å². The number of amides is 2. The minimum absolute atomic E-state index is 0.00918. The molecule has 1 saturated carbocycles. The first-order valence-electron chi connectivity index (χ1n) is 15.7. The van der Waals surface area contributed by atoms with Crippen molar-refractivity contribution in [1.29, 1.82) is 0 Å². The summed E-state index contributed by atoms with van der Waals surface area (Å²) in [7, 11) is 0.0582. The molecule has 1 aliphatic carbocycles. The molecule has 1 aromatic carbocycles. The van der Waals surface area contributed by atoms with Gasteiger partial charge in [0.1, 0.15) is 6.10 Å². The predicted octanol–water partition coefficient (Wildman–Crippen LogP) is 3.45. The van der Waals surface area contributed by atoms with E-state index in [0.717, 1.165) is 31.2 Å². The van der Waals surface area contributed by atoms with Crippen LogP contribution in [0.15, 0.2) is 24.3 Å². The number of halogens is 1. The molecular weight excluding hydrogens is 590 g/mol. The summed E-state index contributed by atoms with van der Waals surface area (Å²) in [5.41, 5.74) is 0.751. The lowest BCUT2D eigenvalue weighted by molar-refractivity contribution is -0.128. The second-order valence-corrected chi connectivity index (χ2v) is 15.8. The molecule has 43 heavy (non-hydrogen) atoms. The van der Waals surface area contributed by atoms with Crippen molar-refractivity contribution in [2.75, 3.05) is 38.7 Å². The molecule has 11 heteroatoms. The molecule has 2 rings (SSSR count). The van der Waals surface area contributed by atoms with Crippen molar-refractivity contribution in [2.24, 2.45) is 23.7 Å². The Morgan fingerprint density at radius 1 is 1.07 bits per heavy atom. The van der Waals surface area contributed by atoms with Gasteiger partial charge >= 0.3 is 0 Å². The van der Waals surface area contributed by atoms with Crippen LogP contribution in [0.2, 0.25) is 5.02 Å². The molecule has 246 valence electrons. The van der Waals surface area contributed by atoms with Crippen molar-refractivity contribution < 1.29 is 28.2 Å². The van der Waals surface area contributed by atoms with Crippen LogP contribution in [0.1, 0.15) is 71.3 Å². The summed E-state index contributed by atoms with van der Waals surface area (Å²) in [4.78, 5) is 28.4. The maximum Gasteiger partial charge on any atom is 0.224 e. The van der Waals surface area contributed by atoms with Crippen LogP contribution in [0.25, 0.3) is 0 Å². The number of hydrogen-bond donors (Lipinski definition) is 4. The summed E-state index contributed by atoms with van der Waals surface area (Å²) >= 11 is 6.13. The number of carbonyl (C=O) groups excluding carboxylic acids is 2. The molecule has 9 nitrogen and oxygen atoms in total. The number of rotatable bonds is 18. The lowest BCUT2D eigenvalue weighted by atomic mass is 9.82. The Labute approximate surface area is 264 Å². The smallest absolute Gasteiger partial charge is 0.224 e. The molecule has 5 unspecified atom stereocenters. The van der Waals surface area contributed by atoms with E-state index in [0.29, 0.717) is 30.3 Å². The first kappa shape index (κ1) is 37.5. The topological polar surface area (TPSA) is 136 Å². The number of benzene rings is 1. The molecule has 5 atom stereocenters. The monoisotopic (exact) mass is 643 g/mol. The fourth-order valence-corrected chi connectivity index (χ4v) is 7.56. The highest BCUT2D eigenvalue weighted by atomic mass is 35.5. The number of sulfone groups is 1. The molecule has 0 aliphatic heterocycles. The highest BCUT2D eigenvalue weighted by molar-refractivity contribution is 7.91. The molecule has 4 N–H and O–H groups in total. The first-order valence-corrected chi connectivity index (χ1v) is 17.9. The fraction of sp³-hybridized carbons (Fsp3) is 0.750. The van der Waals surface area contributed by atoms with Crippen LogP contribution in [0.3, 0.4) is 0 Å². The molecule has 0 bridgehead atoms. The quantitative estimate of drug-likeness (QED) is 0.192. The van der Waals surface area contributed by atoms with Crippen LogP contribution in [0.5, 0.6) is 0 Å². The van der Waals surface area contributed by atoms with Crippen molar-refractivity contribution in [3.63, 3.8) is 0 Å². The molecule has 0 radical (unpaired) electrons. The number of nitrogens with zero attached hydrogens (tertiary/aromatic N) is 1. The minimum Gasteiger partial charge on any atom is -0.390 e. The van der Waals surface area contributed by atoms with Gasteiger partial charge < -0.3 is 25.7 Å². The number of aliphatic hydroxyl groups excluding tert-OH is 2. The van der Waals surface area contributed by atoms with Gasteiger partial charge in [0.15, 0.2) is 9.84 Å². The van der Waals surface area contributed by atoms with Gasteiger partial charge in [-0.15, -0.1) is 0 Å². The van der Waals surface area contributed by atoms with E-state index >= 15 is 0 Å². The van der Waals surface area contributed by atoms with Crippen LogP contribution in [0.4, 0.5) is 0 Å². The highest BCUT2D eigenvalue weighted by Gasteiger charge is 2.32. The highest BCUT2D eigenvalue weighted by Crippen LogP contribution is 2.29. The largest absolute Gasteiger partial charge is 0.390 e. The van der Waals surface area contributed by atoms with Crippen LogP contribution in [-0.4, -0.2) is 92.3 Å². The van der Waals surface area contributed by atoms with Crippen LogP contribution >= 0.6 is 11.6 Å². The van der Waals surface area contributed by atoms with Gasteiger partial charge in [0.25, 0.3) is 0 Å². The Balaban J connectivity index is 2.08.